The predicted octanol–water partition coefficient (Wildman–Crippen LogP) is 1.28. The van der Waals surface area contributed by atoms with E-state index in [9.17, 15) is 0 Å². The van der Waals surface area contributed by atoms with Crippen LogP contribution in [0.3, 0.4) is 0 Å². The third-order valence-corrected chi connectivity index (χ3v) is 2.79. The number of benzene rings is 1. The molecular formula is C12H15N3. The van der Waals surface area contributed by atoms with Gasteiger partial charge in [0.1, 0.15) is 6.07 Å². The molecule has 1 aromatic carbocycles. The van der Waals surface area contributed by atoms with Gasteiger partial charge >= 0.3 is 0 Å². The minimum absolute atomic E-state index is 0.789. The first-order chi connectivity index (χ1) is 7.33. The molecule has 1 heterocycles. The van der Waals surface area contributed by atoms with Crippen LogP contribution in [-0.4, -0.2) is 26.2 Å². The number of nitrogens with zero attached hydrogens (tertiary/aromatic N) is 2. The van der Waals surface area contributed by atoms with Gasteiger partial charge in [-0.15, -0.1) is 0 Å². The summed E-state index contributed by atoms with van der Waals surface area (Å²) in [4.78, 5) is 2.30. The third-order valence-electron chi connectivity index (χ3n) is 2.79. The topological polar surface area (TPSA) is 39.1 Å². The Hall–Kier alpha value is -1.53. The minimum Gasteiger partial charge on any atom is -0.368 e. The Kier molecular flexibility index (Phi) is 2.89. The minimum atomic E-state index is 0.789. The first-order valence-electron chi connectivity index (χ1n) is 5.28. The Morgan fingerprint density at radius 1 is 1.33 bits per heavy atom. The fourth-order valence-electron chi connectivity index (χ4n) is 2.06. The summed E-state index contributed by atoms with van der Waals surface area (Å²) in [6.45, 7) is 6.04. The lowest BCUT2D eigenvalue weighted by atomic mass is 10.1. The highest BCUT2D eigenvalue weighted by Crippen LogP contribution is 2.24. The molecule has 0 atom stereocenters. The van der Waals surface area contributed by atoms with Crippen LogP contribution >= 0.6 is 0 Å². The molecule has 1 aliphatic rings. The Labute approximate surface area is 90.3 Å². The zero-order chi connectivity index (χ0) is 10.7. The van der Waals surface area contributed by atoms with Crippen LogP contribution in [0.15, 0.2) is 18.2 Å². The van der Waals surface area contributed by atoms with Crippen molar-refractivity contribution in [3.05, 3.63) is 29.3 Å². The molecule has 0 radical (unpaired) electrons. The van der Waals surface area contributed by atoms with Gasteiger partial charge in [0.25, 0.3) is 0 Å². The molecule has 1 saturated heterocycles. The highest BCUT2D eigenvalue weighted by Gasteiger charge is 2.15. The van der Waals surface area contributed by atoms with Gasteiger partial charge in [-0.3, -0.25) is 0 Å². The molecule has 0 bridgehead atoms. The van der Waals surface area contributed by atoms with Gasteiger partial charge in [0.15, 0.2) is 0 Å². The molecule has 15 heavy (non-hydrogen) atoms. The van der Waals surface area contributed by atoms with E-state index in [2.05, 4.69) is 29.3 Å². The monoisotopic (exact) mass is 201 g/mol. The number of para-hydroxylation sites is 1. The van der Waals surface area contributed by atoms with E-state index in [1.54, 1.807) is 0 Å². The van der Waals surface area contributed by atoms with E-state index in [0.29, 0.717) is 0 Å². The summed E-state index contributed by atoms with van der Waals surface area (Å²) < 4.78 is 0. The second-order valence-electron chi connectivity index (χ2n) is 3.82. The molecule has 1 N–H and O–H groups in total. The number of nitriles is 1. The van der Waals surface area contributed by atoms with Crippen molar-refractivity contribution in [1.29, 1.82) is 5.26 Å². The highest BCUT2D eigenvalue weighted by molar-refractivity contribution is 5.64. The Morgan fingerprint density at radius 3 is 2.73 bits per heavy atom. The Balaban J connectivity index is 2.37. The van der Waals surface area contributed by atoms with Gasteiger partial charge in [0.2, 0.25) is 0 Å². The number of anilines is 1. The van der Waals surface area contributed by atoms with Gasteiger partial charge < -0.3 is 10.2 Å². The van der Waals surface area contributed by atoms with Gasteiger partial charge in [0.05, 0.1) is 11.3 Å². The normalized spacial score (nSPS) is 16.1. The zero-order valence-electron chi connectivity index (χ0n) is 8.95. The first kappa shape index (κ1) is 10.0. The molecule has 3 heteroatoms. The lowest BCUT2D eigenvalue weighted by Crippen LogP contribution is -2.44. The second kappa shape index (κ2) is 4.33. The van der Waals surface area contributed by atoms with Crippen molar-refractivity contribution in [2.75, 3.05) is 31.1 Å². The van der Waals surface area contributed by atoms with E-state index in [4.69, 9.17) is 5.26 Å². The maximum Gasteiger partial charge on any atom is 0.101 e. The predicted molar refractivity (Wildman–Crippen MR) is 61.0 cm³/mol. The fourth-order valence-corrected chi connectivity index (χ4v) is 2.06. The van der Waals surface area contributed by atoms with Crippen molar-refractivity contribution in [2.24, 2.45) is 0 Å². The summed E-state index contributed by atoms with van der Waals surface area (Å²) in [6, 6.07) is 8.18. The van der Waals surface area contributed by atoms with Gasteiger partial charge in [-0.25, -0.2) is 0 Å². The van der Waals surface area contributed by atoms with Crippen LogP contribution in [0.2, 0.25) is 0 Å². The maximum absolute atomic E-state index is 9.08. The summed E-state index contributed by atoms with van der Waals surface area (Å²) in [5.74, 6) is 0. The molecule has 1 aliphatic heterocycles. The molecule has 1 fully saturated rings. The van der Waals surface area contributed by atoms with Gasteiger partial charge in [-0.05, 0) is 18.6 Å². The maximum atomic E-state index is 9.08. The summed E-state index contributed by atoms with van der Waals surface area (Å²) in [5, 5.41) is 12.4. The van der Waals surface area contributed by atoms with E-state index in [1.165, 1.54) is 5.56 Å². The van der Waals surface area contributed by atoms with Crippen LogP contribution < -0.4 is 10.2 Å². The molecule has 0 aliphatic carbocycles. The molecule has 78 valence electrons. The molecule has 0 aromatic heterocycles. The molecule has 2 rings (SSSR count). The van der Waals surface area contributed by atoms with E-state index < -0.39 is 0 Å². The van der Waals surface area contributed by atoms with Gasteiger partial charge in [0, 0.05) is 26.2 Å². The zero-order valence-corrected chi connectivity index (χ0v) is 8.95. The average molecular weight is 201 g/mol. The molecule has 0 spiro atoms. The lowest BCUT2D eigenvalue weighted by Gasteiger charge is -2.31. The van der Waals surface area contributed by atoms with Crippen LogP contribution in [0.1, 0.15) is 11.1 Å². The van der Waals surface area contributed by atoms with Gasteiger partial charge in [-0.1, -0.05) is 12.1 Å². The van der Waals surface area contributed by atoms with E-state index in [0.717, 1.165) is 37.4 Å². The van der Waals surface area contributed by atoms with Crippen LogP contribution in [-0.2, 0) is 0 Å². The second-order valence-corrected chi connectivity index (χ2v) is 3.82. The van der Waals surface area contributed by atoms with Crippen LogP contribution in [0, 0.1) is 18.3 Å². The summed E-state index contributed by atoms with van der Waals surface area (Å²) in [6.07, 6.45) is 0. The van der Waals surface area contributed by atoms with E-state index >= 15 is 0 Å². The van der Waals surface area contributed by atoms with E-state index in [1.807, 2.05) is 12.1 Å². The number of rotatable bonds is 1. The quantitative estimate of drug-likeness (QED) is 0.744. The van der Waals surface area contributed by atoms with E-state index in [-0.39, 0.29) is 0 Å². The number of aryl methyl sites for hydroxylation is 1. The number of piperazine rings is 1. The van der Waals surface area contributed by atoms with Crippen LogP contribution in [0.5, 0.6) is 0 Å². The summed E-state index contributed by atoms with van der Waals surface area (Å²) >= 11 is 0. The summed E-state index contributed by atoms with van der Waals surface area (Å²) in [5.41, 5.74) is 3.09. The van der Waals surface area contributed by atoms with Crippen molar-refractivity contribution in [2.45, 2.75) is 6.92 Å². The van der Waals surface area contributed by atoms with Crippen LogP contribution in [0.4, 0.5) is 5.69 Å². The smallest absolute Gasteiger partial charge is 0.101 e. The fraction of sp³-hybridized carbons (Fsp3) is 0.417. The molecule has 0 saturated carbocycles. The Bertz CT molecular complexity index is 386. The highest BCUT2D eigenvalue weighted by atomic mass is 15.2. The number of hydrogen-bond acceptors (Lipinski definition) is 3. The molecule has 1 aromatic rings. The van der Waals surface area contributed by atoms with Crippen molar-refractivity contribution >= 4 is 5.69 Å². The number of nitrogens with one attached hydrogen (secondary N) is 1. The molecule has 0 amide bonds. The molecule has 3 nitrogen and oxygen atoms in total. The van der Waals surface area contributed by atoms with Gasteiger partial charge in [-0.2, -0.15) is 5.26 Å². The largest absolute Gasteiger partial charge is 0.368 e. The van der Waals surface area contributed by atoms with Crippen molar-refractivity contribution in [3.8, 4) is 6.07 Å². The summed E-state index contributed by atoms with van der Waals surface area (Å²) in [7, 11) is 0. The average Bonchev–Trinajstić information content (AvgIpc) is 2.29. The third kappa shape index (κ3) is 1.95. The van der Waals surface area contributed by atoms with Crippen molar-refractivity contribution < 1.29 is 0 Å². The number of hydrogen-bond donors (Lipinski definition) is 1. The first-order valence-corrected chi connectivity index (χ1v) is 5.28. The molecule has 0 unspecified atom stereocenters. The van der Waals surface area contributed by atoms with Crippen LogP contribution in [0.25, 0.3) is 0 Å². The SMILES string of the molecule is Cc1cccc(C#N)c1N1CCNCC1. The van der Waals surface area contributed by atoms with Crippen molar-refractivity contribution in [1.82, 2.24) is 5.32 Å². The lowest BCUT2D eigenvalue weighted by molar-refractivity contribution is 0.588. The Morgan fingerprint density at radius 2 is 2.07 bits per heavy atom. The van der Waals surface area contributed by atoms with Crippen molar-refractivity contribution in [3.63, 3.8) is 0 Å². The standard InChI is InChI=1S/C12H15N3/c1-10-3-2-4-11(9-13)12(10)15-7-5-14-6-8-15/h2-4,14H,5-8H2,1H3. The molecular weight excluding hydrogens is 186 g/mol.